The fourth-order valence-electron chi connectivity index (χ4n) is 2.18. The minimum Gasteiger partial charge on any atom is -0.483 e. The van der Waals surface area contributed by atoms with Crippen molar-refractivity contribution < 1.29 is 4.74 Å². The Morgan fingerprint density at radius 1 is 1.48 bits per heavy atom. The molecule has 0 amide bonds. The Morgan fingerprint density at radius 3 is 2.90 bits per heavy atom. The van der Waals surface area contributed by atoms with Crippen LogP contribution in [0.3, 0.4) is 0 Å². The maximum Gasteiger partial charge on any atom is 0.212 e. The van der Waals surface area contributed by atoms with E-state index in [2.05, 4.69) is 35.7 Å². The molecule has 2 rings (SSSR count). The van der Waals surface area contributed by atoms with E-state index >= 15 is 0 Å². The molecule has 1 aliphatic heterocycles. The number of nitrogens with zero attached hydrogens (tertiary/aromatic N) is 2. The second-order valence-corrected chi connectivity index (χ2v) is 6.80. The van der Waals surface area contributed by atoms with Crippen molar-refractivity contribution in [3.8, 4) is 0 Å². The highest BCUT2D eigenvalue weighted by molar-refractivity contribution is 8.23. The molecule has 3 nitrogen and oxygen atoms in total. The van der Waals surface area contributed by atoms with E-state index in [0.717, 1.165) is 23.0 Å². The lowest BCUT2D eigenvalue weighted by Crippen LogP contribution is -2.43. The largest absolute Gasteiger partial charge is 0.483 e. The number of rotatable bonds is 5. The van der Waals surface area contributed by atoms with Crippen molar-refractivity contribution in [1.82, 2.24) is 0 Å². The first-order valence-corrected chi connectivity index (χ1v) is 8.59. The Balaban J connectivity index is 2.18. The monoisotopic (exact) mass is 320 g/mol. The van der Waals surface area contributed by atoms with Gasteiger partial charge in [0.05, 0.1) is 18.5 Å². The van der Waals surface area contributed by atoms with Gasteiger partial charge in [-0.3, -0.25) is 0 Å². The van der Waals surface area contributed by atoms with Crippen molar-refractivity contribution in [2.45, 2.75) is 13.0 Å². The molecule has 0 bridgehead atoms. The summed E-state index contributed by atoms with van der Waals surface area (Å²) < 4.78 is 6.75. The number of anilines is 1. The van der Waals surface area contributed by atoms with Gasteiger partial charge in [0.15, 0.2) is 0 Å². The van der Waals surface area contributed by atoms with Crippen LogP contribution < -0.4 is 4.90 Å². The van der Waals surface area contributed by atoms with Gasteiger partial charge in [-0.15, -0.1) is 11.8 Å². The molecule has 0 radical (unpaired) electrons. The minimum atomic E-state index is 0.135. The van der Waals surface area contributed by atoms with Gasteiger partial charge in [-0.25, -0.2) is 4.99 Å². The van der Waals surface area contributed by atoms with Gasteiger partial charge in [-0.2, -0.15) is 0 Å². The van der Waals surface area contributed by atoms with E-state index in [-0.39, 0.29) is 6.04 Å². The fraction of sp³-hybridized carbons (Fsp3) is 0.312. The third-order valence-electron chi connectivity index (χ3n) is 3.27. The van der Waals surface area contributed by atoms with E-state index in [1.54, 1.807) is 30.6 Å². The summed E-state index contributed by atoms with van der Waals surface area (Å²) in [5, 5.41) is 1.85. The summed E-state index contributed by atoms with van der Waals surface area (Å²) in [5.41, 5.74) is 2.10. The average Bonchev–Trinajstić information content (AvgIpc) is 2.52. The van der Waals surface area contributed by atoms with Crippen LogP contribution in [0.15, 0.2) is 51.6 Å². The van der Waals surface area contributed by atoms with Crippen molar-refractivity contribution >= 4 is 40.8 Å². The molecule has 21 heavy (non-hydrogen) atoms. The molecule has 0 fully saturated rings. The molecule has 0 aromatic heterocycles. The second-order valence-electron chi connectivity index (χ2n) is 4.47. The number of aliphatic imine (C=N–C) groups is 1. The standard InChI is InChI=1S/C16H20N2OS2/c1-5-15(20-6-2)21-11-14-16(19-4)17-12-9-7-8-10-13(12)18(14)3/h5-10,14H,2,11H2,1,3-4H3/b15-5+. The first-order chi connectivity index (χ1) is 10.2. The van der Waals surface area contributed by atoms with E-state index in [0.29, 0.717) is 0 Å². The molecule has 5 heteroatoms. The molecule has 1 atom stereocenters. The number of benzene rings is 1. The number of likely N-dealkylation sites (N-methyl/N-ethyl adjacent to an activating group) is 1. The van der Waals surface area contributed by atoms with Crippen molar-refractivity contribution in [2.24, 2.45) is 4.99 Å². The van der Waals surface area contributed by atoms with Gasteiger partial charge < -0.3 is 9.64 Å². The van der Waals surface area contributed by atoms with Crippen LogP contribution in [0.5, 0.6) is 0 Å². The first kappa shape index (κ1) is 16.0. The maximum absolute atomic E-state index is 5.51. The molecule has 0 saturated carbocycles. The fourth-order valence-corrected chi connectivity index (χ4v) is 4.01. The van der Waals surface area contributed by atoms with Crippen LogP contribution in [0.1, 0.15) is 6.92 Å². The van der Waals surface area contributed by atoms with Gasteiger partial charge in [0.2, 0.25) is 5.90 Å². The highest BCUT2D eigenvalue weighted by Gasteiger charge is 2.28. The summed E-state index contributed by atoms with van der Waals surface area (Å²) in [6, 6.07) is 8.28. The van der Waals surface area contributed by atoms with E-state index in [1.807, 2.05) is 30.5 Å². The number of allylic oxidation sites excluding steroid dienone is 1. The van der Waals surface area contributed by atoms with E-state index in [1.165, 1.54) is 4.24 Å². The number of hydrogen-bond donors (Lipinski definition) is 0. The molecule has 1 aromatic rings. The molecular weight excluding hydrogens is 300 g/mol. The molecule has 1 unspecified atom stereocenters. The third kappa shape index (κ3) is 3.66. The summed E-state index contributed by atoms with van der Waals surface area (Å²) in [5.74, 6) is 1.65. The number of para-hydroxylation sites is 2. The average molecular weight is 320 g/mol. The van der Waals surface area contributed by atoms with Crippen LogP contribution in [0.4, 0.5) is 11.4 Å². The number of methoxy groups -OCH3 is 1. The van der Waals surface area contributed by atoms with E-state index in [4.69, 9.17) is 4.74 Å². The summed E-state index contributed by atoms with van der Waals surface area (Å²) in [6.45, 7) is 5.81. The summed E-state index contributed by atoms with van der Waals surface area (Å²) in [7, 11) is 3.78. The Labute approximate surface area is 135 Å². The summed E-state index contributed by atoms with van der Waals surface area (Å²) in [6.07, 6.45) is 2.11. The molecule has 112 valence electrons. The van der Waals surface area contributed by atoms with Crippen LogP contribution in [0.2, 0.25) is 0 Å². The lowest BCUT2D eigenvalue weighted by Gasteiger charge is -2.34. The van der Waals surface area contributed by atoms with Crippen LogP contribution in [-0.2, 0) is 4.74 Å². The molecule has 0 N–H and O–H groups in total. The summed E-state index contributed by atoms with van der Waals surface area (Å²) in [4.78, 5) is 6.87. The Morgan fingerprint density at radius 2 is 2.24 bits per heavy atom. The maximum atomic E-state index is 5.51. The van der Waals surface area contributed by atoms with Crippen molar-refractivity contribution in [3.63, 3.8) is 0 Å². The zero-order valence-electron chi connectivity index (χ0n) is 12.6. The van der Waals surface area contributed by atoms with Gasteiger partial charge in [0.1, 0.15) is 6.04 Å². The summed E-state index contributed by atoms with van der Waals surface area (Å²) >= 11 is 3.45. The minimum absolute atomic E-state index is 0.135. The van der Waals surface area contributed by atoms with Crippen LogP contribution in [0.25, 0.3) is 0 Å². The van der Waals surface area contributed by atoms with Crippen molar-refractivity contribution in [1.29, 1.82) is 0 Å². The van der Waals surface area contributed by atoms with Crippen LogP contribution in [-0.4, -0.2) is 31.8 Å². The molecule has 0 aliphatic carbocycles. The Kier molecular flexibility index (Phi) is 5.82. The first-order valence-electron chi connectivity index (χ1n) is 6.72. The molecule has 0 saturated heterocycles. The van der Waals surface area contributed by atoms with Crippen molar-refractivity contribution in [2.75, 3.05) is 24.8 Å². The number of ether oxygens (including phenoxy) is 1. The van der Waals surface area contributed by atoms with E-state index < -0.39 is 0 Å². The van der Waals surface area contributed by atoms with Crippen LogP contribution in [0, 0.1) is 0 Å². The third-order valence-corrected chi connectivity index (χ3v) is 5.55. The van der Waals surface area contributed by atoms with Gasteiger partial charge in [-0.05, 0) is 24.5 Å². The lowest BCUT2D eigenvalue weighted by molar-refractivity contribution is 0.382. The number of fused-ring (bicyclic) bond motifs is 1. The Hall–Kier alpha value is -1.33. The van der Waals surface area contributed by atoms with Gasteiger partial charge in [-0.1, -0.05) is 36.5 Å². The number of thioether (sulfide) groups is 2. The van der Waals surface area contributed by atoms with Crippen molar-refractivity contribution in [3.05, 3.63) is 46.6 Å². The molecule has 0 spiro atoms. The topological polar surface area (TPSA) is 24.8 Å². The molecule has 1 aromatic carbocycles. The normalized spacial score (nSPS) is 18.0. The molecular formula is C16H20N2OS2. The zero-order valence-corrected chi connectivity index (χ0v) is 14.2. The number of hydrogen-bond acceptors (Lipinski definition) is 5. The Bertz CT molecular complexity index is 569. The van der Waals surface area contributed by atoms with E-state index in [9.17, 15) is 0 Å². The quantitative estimate of drug-likeness (QED) is 0.788. The highest BCUT2D eigenvalue weighted by atomic mass is 32.2. The van der Waals surface area contributed by atoms with Gasteiger partial charge >= 0.3 is 0 Å². The highest BCUT2D eigenvalue weighted by Crippen LogP contribution is 2.36. The lowest BCUT2D eigenvalue weighted by atomic mass is 10.1. The predicted molar refractivity (Wildman–Crippen MR) is 96.7 cm³/mol. The SMILES string of the molecule is C=CS/C(=C\C)SCC1C(OC)=Nc2ccccc2N1C. The predicted octanol–water partition coefficient (Wildman–Crippen LogP) is 4.65. The molecule has 1 aliphatic rings. The van der Waals surface area contributed by atoms with Gasteiger partial charge in [0, 0.05) is 17.0 Å². The smallest absolute Gasteiger partial charge is 0.212 e. The molecule has 1 heterocycles. The van der Waals surface area contributed by atoms with Crippen LogP contribution >= 0.6 is 23.5 Å². The second kappa shape index (κ2) is 7.61. The van der Waals surface area contributed by atoms with Gasteiger partial charge in [0.25, 0.3) is 0 Å². The zero-order chi connectivity index (χ0) is 15.2.